The third-order valence-corrected chi connectivity index (χ3v) is 4.50. The molecule has 128 valence electrons. The fourth-order valence-electron chi connectivity index (χ4n) is 3.19. The van der Waals surface area contributed by atoms with Gasteiger partial charge in [0.15, 0.2) is 0 Å². The fourth-order valence-corrected chi connectivity index (χ4v) is 3.19. The highest BCUT2D eigenvalue weighted by molar-refractivity contribution is 5.99. The van der Waals surface area contributed by atoms with Crippen LogP contribution in [0.4, 0.5) is 5.69 Å². The van der Waals surface area contributed by atoms with Crippen molar-refractivity contribution < 1.29 is 24.2 Å². The number of carbonyl (C=O) groups is 3. The van der Waals surface area contributed by atoms with E-state index in [-0.39, 0.29) is 24.8 Å². The zero-order valence-corrected chi connectivity index (χ0v) is 13.5. The van der Waals surface area contributed by atoms with Crippen LogP contribution in [0.5, 0.6) is 0 Å². The van der Waals surface area contributed by atoms with Gasteiger partial charge >= 0.3 is 5.97 Å². The van der Waals surface area contributed by atoms with Gasteiger partial charge in [-0.25, -0.2) is 0 Å². The minimum absolute atomic E-state index is 0.0752. The van der Waals surface area contributed by atoms with E-state index in [1.165, 1.54) is 0 Å². The Balaban J connectivity index is 1.75. The van der Waals surface area contributed by atoms with E-state index in [4.69, 9.17) is 9.84 Å². The molecule has 1 aromatic carbocycles. The molecular formula is C17H20N2O5. The number of aliphatic carboxylic acids is 1. The number of aryl methyl sites for hydroxylation is 1. The van der Waals surface area contributed by atoms with Gasteiger partial charge < -0.3 is 19.6 Å². The summed E-state index contributed by atoms with van der Waals surface area (Å²) in [4.78, 5) is 38.5. The lowest BCUT2D eigenvalue weighted by atomic mass is 9.98. The van der Waals surface area contributed by atoms with Gasteiger partial charge in [0.1, 0.15) is 0 Å². The van der Waals surface area contributed by atoms with Crippen LogP contribution < -0.4 is 4.90 Å². The molecule has 1 saturated heterocycles. The van der Waals surface area contributed by atoms with Crippen LogP contribution in [-0.2, 0) is 20.7 Å². The Morgan fingerprint density at radius 3 is 2.88 bits per heavy atom. The third kappa shape index (κ3) is 3.26. The maximum atomic E-state index is 12.7. The first kappa shape index (κ1) is 16.4. The lowest BCUT2D eigenvalue weighted by molar-refractivity contribution is -0.141. The third-order valence-electron chi connectivity index (χ3n) is 4.50. The van der Waals surface area contributed by atoms with Crippen molar-refractivity contribution >= 4 is 23.5 Å². The van der Waals surface area contributed by atoms with Crippen LogP contribution >= 0.6 is 0 Å². The highest BCUT2D eigenvalue weighted by Crippen LogP contribution is 2.28. The molecule has 0 spiro atoms. The van der Waals surface area contributed by atoms with Gasteiger partial charge in [0.25, 0.3) is 5.91 Å². The van der Waals surface area contributed by atoms with Crippen molar-refractivity contribution in [2.75, 3.05) is 31.6 Å². The van der Waals surface area contributed by atoms with Gasteiger partial charge in [0.2, 0.25) is 5.91 Å². The number of hydrogen-bond donors (Lipinski definition) is 1. The van der Waals surface area contributed by atoms with Gasteiger partial charge in [-0.1, -0.05) is 0 Å². The van der Waals surface area contributed by atoms with Gasteiger partial charge in [-0.3, -0.25) is 14.4 Å². The summed E-state index contributed by atoms with van der Waals surface area (Å²) in [5.41, 5.74) is 2.39. The average Bonchev–Trinajstić information content (AvgIpc) is 2.57. The molecular weight excluding hydrogens is 312 g/mol. The first-order valence-corrected chi connectivity index (χ1v) is 7.98. The fraction of sp³-hybridized carbons (Fsp3) is 0.471. The highest BCUT2D eigenvalue weighted by Gasteiger charge is 2.28. The molecule has 0 bridgehead atoms. The molecule has 7 heteroatoms. The number of nitrogens with zero attached hydrogens (tertiary/aromatic N) is 2. The van der Waals surface area contributed by atoms with Crippen LogP contribution in [0.3, 0.4) is 0 Å². The molecule has 1 aromatic rings. The number of benzene rings is 1. The molecule has 0 radical (unpaired) electrons. The Hall–Kier alpha value is -2.41. The Morgan fingerprint density at radius 1 is 1.33 bits per heavy atom. The second kappa shape index (κ2) is 6.60. The summed E-state index contributed by atoms with van der Waals surface area (Å²) in [6.45, 7) is 1.07. The molecule has 2 aliphatic heterocycles. The number of anilines is 1. The predicted molar refractivity (Wildman–Crippen MR) is 86.1 cm³/mol. The number of carbonyl (C=O) groups excluding carboxylic acids is 2. The van der Waals surface area contributed by atoms with Crippen molar-refractivity contribution in [2.24, 2.45) is 0 Å². The average molecular weight is 332 g/mol. The summed E-state index contributed by atoms with van der Waals surface area (Å²) in [6.07, 6.45) is 0.492. The predicted octanol–water partition coefficient (Wildman–Crippen LogP) is 0.911. The van der Waals surface area contributed by atoms with Crippen LogP contribution in [0.15, 0.2) is 18.2 Å². The van der Waals surface area contributed by atoms with Gasteiger partial charge in [0, 0.05) is 37.8 Å². The van der Waals surface area contributed by atoms with E-state index in [2.05, 4.69) is 0 Å². The lowest BCUT2D eigenvalue weighted by Crippen LogP contribution is -2.46. The van der Waals surface area contributed by atoms with Gasteiger partial charge in [-0.05, 0) is 30.2 Å². The van der Waals surface area contributed by atoms with E-state index in [9.17, 15) is 14.4 Å². The van der Waals surface area contributed by atoms with Gasteiger partial charge in [0.05, 0.1) is 19.1 Å². The van der Waals surface area contributed by atoms with Crippen molar-refractivity contribution in [3.8, 4) is 0 Å². The van der Waals surface area contributed by atoms with Gasteiger partial charge in [-0.2, -0.15) is 0 Å². The number of morpholine rings is 1. The first-order chi connectivity index (χ1) is 11.5. The Kier molecular flexibility index (Phi) is 4.53. The smallest absolute Gasteiger partial charge is 0.306 e. The summed E-state index contributed by atoms with van der Waals surface area (Å²) in [6, 6.07) is 5.36. The SMILES string of the molecule is CN1C(=O)CCc2cc(C(=O)N3CCOC(CC(=O)O)C3)ccc21. The van der Waals surface area contributed by atoms with Crippen molar-refractivity contribution in [3.05, 3.63) is 29.3 Å². The molecule has 2 amide bonds. The largest absolute Gasteiger partial charge is 0.481 e. The summed E-state index contributed by atoms with van der Waals surface area (Å²) >= 11 is 0. The lowest BCUT2D eigenvalue weighted by Gasteiger charge is -2.33. The standard InChI is InChI=1S/C17H20N2O5/c1-18-14-4-2-12(8-11(14)3-5-15(18)20)17(23)19-6-7-24-13(10-19)9-16(21)22/h2,4,8,13H,3,5-7,9-10H2,1H3,(H,21,22). The molecule has 7 nitrogen and oxygen atoms in total. The molecule has 0 aromatic heterocycles. The van der Waals surface area contributed by atoms with Crippen LogP contribution in [0.2, 0.25) is 0 Å². The van der Waals surface area contributed by atoms with E-state index in [0.29, 0.717) is 31.6 Å². The summed E-state index contributed by atoms with van der Waals surface area (Å²) in [5, 5.41) is 8.87. The van der Waals surface area contributed by atoms with E-state index in [1.807, 2.05) is 6.07 Å². The van der Waals surface area contributed by atoms with Crippen LogP contribution in [-0.4, -0.2) is 60.6 Å². The topological polar surface area (TPSA) is 87.2 Å². The van der Waals surface area contributed by atoms with E-state index < -0.39 is 12.1 Å². The Labute approximate surface area is 139 Å². The Morgan fingerprint density at radius 2 is 2.12 bits per heavy atom. The number of amides is 2. The first-order valence-electron chi connectivity index (χ1n) is 7.98. The molecule has 2 aliphatic rings. The highest BCUT2D eigenvalue weighted by atomic mass is 16.5. The minimum atomic E-state index is -0.934. The Bertz CT molecular complexity index is 688. The molecule has 2 heterocycles. The van der Waals surface area contributed by atoms with E-state index in [0.717, 1.165) is 11.3 Å². The zero-order valence-electron chi connectivity index (χ0n) is 13.5. The maximum absolute atomic E-state index is 12.7. The second-order valence-electron chi connectivity index (χ2n) is 6.14. The summed E-state index contributed by atoms with van der Waals surface area (Å²) < 4.78 is 5.40. The normalized spacial score (nSPS) is 20.7. The van der Waals surface area contributed by atoms with Crippen LogP contribution in [0, 0.1) is 0 Å². The molecule has 1 unspecified atom stereocenters. The van der Waals surface area contributed by atoms with Gasteiger partial charge in [-0.15, -0.1) is 0 Å². The number of fused-ring (bicyclic) bond motifs is 1. The summed E-state index contributed by atoms with van der Waals surface area (Å²) in [5.74, 6) is -0.988. The van der Waals surface area contributed by atoms with Crippen LogP contribution in [0.1, 0.15) is 28.8 Å². The molecule has 0 saturated carbocycles. The van der Waals surface area contributed by atoms with Crippen molar-refractivity contribution in [1.82, 2.24) is 4.90 Å². The summed E-state index contributed by atoms with van der Waals surface area (Å²) in [7, 11) is 1.74. The number of carboxylic acids is 1. The molecule has 1 N–H and O–H groups in total. The number of hydrogen-bond acceptors (Lipinski definition) is 4. The van der Waals surface area contributed by atoms with Crippen molar-refractivity contribution in [3.63, 3.8) is 0 Å². The van der Waals surface area contributed by atoms with E-state index in [1.54, 1.807) is 29.0 Å². The maximum Gasteiger partial charge on any atom is 0.306 e. The molecule has 1 fully saturated rings. The zero-order chi connectivity index (χ0) is 17.3. The molecule has 24 heavy (non-hydrogen) atoms. The van der Waals surface area contributed by atoms with E-state index >= 15 is 0 Å². The second-order valence-corrected chi connectivity index (χ2v) is 6.14. The number of ether oxygens (including phenoxy) is 1. The van der Waals surface area contributed by atoms with Crippen LogP contribution in [0.25, 0.3) is 0 Å². The molecule has 3 rings (SSSR count). The quantitative estimate of drug-likeness (QED) is 0.889. The van der Waals surface area contributed by atoms with Crippen molar-refractivity contribution in [1.29, 1.82) is 0 Å². The number of carboxylic acid groups (broad SMARTS) is 1. The molecule has 1 atom stereocenters. The number of rotatable bonds is 3. The van der Waals surface area contributed by atoms with Crippen molar-refractivity contribution in [2.45, 2.75) is 25.4 Å². The monoisotopic (exact) mass is 332 g/mol. The minimum Gasteiger partial charge on any atom is -0.481 e. The molecule has 0 aliphatic carbocycles.